The highest BCUT2D eigenvalue weighted by Crippen LogP contribution is 2.29. The number of benzene rings is 1. The summed E-state index contributed by atoms with van der Waals surface area (Å²) in [6, 6.07) is 15.8. The van der Waals surface area contributed by atoms with Crippen LogP contribution in [0.1, 0.15) is 37.6 Å². The summed E-state index contributed by atoms with van der Waals surface area (Å²) in [6.07, 6.45) is 3.57. The Bertz CT molecular complexity index is 1170. The number of rotatable bonds is 5. The van der Waals surface area contributed by atoms with Gasteiger partial charge in [-0.3, -0.25) is 9.78 Å². The van der Waals surface area contributed by atoms with Crippen LogP contribution in [0.5, 0.6) is 0 Å². The highest BCUT2D eigenvalue weighted by molar-refractivity contribution is 5.81. The van der Waals surface area contributed by atoms with E-state index in [1.807, 2.05) is 59.4 Å². The molecule has 148 valence electrons. The number of para-hydroxylation sites is 1. The van der Waals surface area contributed by atoms with Crippen LogP contribution in [-0.2, 0) is 18.5 Å². The van der Waals surface area contributed by atoms with Crippen LogP contribution in [0.4, 0.5) is 0 Å². The van der Waals surface area contributed by atoms with Crippen molar-refractivity contribution in [1.82, 2.24) is 25.1 Å². The summed E-state index contributed by atoms with van der Waals surface area (Å²) in [5.74, 6) is 0. The van der Waals surface area contributed by atoms with Gasteiger partial charge in [0.05, 0.1) is 11.4 Å². The Labute approximate surface area is 169 Å². The van der Waals surface area contributed by atoms with E-state index >= 15 is 0 Å². The fourth-order valence-electron chi connectivity index (χ4n) is 3.40. The normalized spacial score (nSPS) is 11.8. The highest BCUT2D eigenvalue weighted by atomic mass is 16.1. The molecule has 3 aromatic heterocycles. The van der Waals surface area contributed by atoms with Gasteiger partial charge in [0.25, 0.3) is 5.56 Å². The Balaban J connectivity index is 1.73. The van der Waals surface area contributed by atoms with Crippen molar-refractivity contribution in [2.24, 2.45) is 0 Å². The van der Waals surface area contributed by atoms with Gasteiger partial charge in [0, 0.05) is 41.8 Å². The molecule has 0 aliphatic rings. The molecule has 0 aliphatic carbocycles. The molecule has 0 bridgehead atoms. The molecule has 0 unspecified atom stereocenters. The van der Waals surface area contributed by atoms with E-state index in [-0.39, 0.29) is 11.0 Å². The molecule has 1 aromatic carbocycles. The number of nitrogens with zero attached hydrogens (tertiary/aromatic N) is 3. The topological polar surface area (TPSA) is 75.6 Å². The summed E-state index contributed by atoms with van der Waals surface area (Å²) in [7, 11) is 0. The number of aromatic amines is 1. The molecule has 0 fully saturated rings. The number of hydrogen-bond donors (Lipinski definition) is 2. The van der Waals surface area contributed by atoms with E-state index in [1.54, 1.807) is 6.20 Å². The summed E-state index contributed by atoms with van der Waals surface area (Å²) >= 11 is 0. The van der Waals surface area contributed by atoms with Gasteiger partial charge in [-0.05, 0) is 29.8 Å². The zero-order valence-corrected chi connectivity index (χ0v) is 16.9. The molecular weight excluding hydrogens is 362 g/mol. The molecule has 0 spiro atoms. The van der Waals surface area contributed by atoms with Gasteiger partial charge in [0.1, 0.15) is 5.65 Å². The maximum absolute atomic E-state index is 12.8. The molecule has 29 heavy (non-hydrogen) atoms. The number of hydrogen-bond acceptors (Lipinski definition) is 4. The van der Waals surface area contributed by atoms with Gasteiger partial charge in [-0.2, -0.15) is 5.10 Å². The van der Waals surface area contributed by atoms with E-state index in [1.165, 1.54) is 0 Å². The SMILES string of the molecule is CC(C)(C)c1nn(-c2ccccc2)c2[nH]c(=O)c(CNCc3cccnc3)cc12. The molecule has 2 N–H and O–H groups in total. The average Bonchev–Trinajstić information content (AvgIpc) is 3.08. The first-order chi connectivity index (χ1) is 13.9. The van der Waals surface area contributed by atoms with E-state index < -0.39 is 0 Å². The zero-order valence-electron chi connectivity index (χ0n) is 16.9. The minimum Gasteiger partial charge on any atom is -0.308 e. The number of fused-ring (bicyclic) bond motifs is 1. The molecule has 6 nitrogen and oxygen atoms in total. The van der Waals surface area contributed by atoms with E-state index in [2.05, 4.69) is 36.1 Å². The average molecular weight is 387 g/mol. The molecule has 0 saturated carbocycles. The van der Waals surface area contributed by atoms with Gasteiger partial charge in [-0.25, -0.2) is 4.68 Å². The van der Waals surface area contributed by atoms with Crippen molar-refractivity contribution in [3.05, 3.63) is 88.1 Å². The molecule has 0 saturated heterocycles. The Morgan fingerprint density at radius 1 is 1.07 bits per heavy atom. The lowest BCUT2D eigenvalue weighted by molar-refractivity contribution is 0.565. The predicted molar refractivity (Wildman–Crippen MR) is 115 cm³/mol. The Hall–Kier alpha value is -3.25. The standard InChI is InChI=1S/C23H25N5O/c1-23(2,3)20-19-12-17(15-25-14-16-8-7-11-24-13-16)22(29)26-21(19)28(27-20)18-9-5-4-6-10-18/h4-13,25H,14-15H2,1-3H3,(H,26,29). The Morgan fingerprint density at radius 2 is 1.86 bits per heavy atom. The molecule has 0 amide bonds. The maximum atomic E-state index is 12.8. The van der Waals surface area contributed by atoms with Crippen molar-refractivity contribution in [1.29, 1.82) is 0 Å². The van der Waals surface area contributed by atoms with Crippen LogP contribution < -0.4 is 10.9 Å². The largest absolute Gasteiger partial charge is 0.308 e. The van der Waals surface area contributed by atoms with Gasteiger partial charge < -0.3 is 10.3 Å². The van der Waals surface area contributed by atoms with Gasteiger partial charge in [-0.1, -0.05) is 45.0 Å². The second kappa shape index (κ2) is 7.64. The Morgan fingerprint density at radius 3 is 2.55 bits per heavy atom. The second-order valence-electron chi connectivity index (χ2n) is 8.20. The van der Waals surface area contributed by atoms with Crippen molar-refractivity contribution in [2.75, 3.05) is 0 Å². The van der Waals surface area contributed by atoms with E-state index in [0.717, 1.165) is 28.0 Å². The van der Waals surface area contributed by atoms with Crippen LogP contribution in [-0.4, -0.2) is 19.7 Å². The smallest absolute Gasteiger partial charge is 0.254 e. The summed E-state index contributed by atoms with van der Waals surface area (Å²) in [4.78, 5) is 19.9. The van der Waals surface area contributed by atoms with Gasteiger partial charge in [0.15, 0.2) is 0 Å². The number of nitrogens with one attached hydrogen (secondary N) is 2. The number of pyridine rings is 2. The lowest BCUT2D eigenvalue weighted by Gasteiger charge is -2.15. The summed E-state index contributed by atoms with van der Waals surface area (Å²) in [5.41, 5.74) is 4.12. The van der Waals surface area contributed by atoms with Crippen LogP contribution in [0.15, 0.2) is 65.7 Å². The molecule has 0 atom stereocenters. The highest BCUT2D eigenvalue weighted by Gasteiger charge is 2.24. The van der Waals surface area contributed by atoms with Crippen molar-refractivity contribution < 1.29 is 0 Å². The van der Waals surface area contributed by atoms with Crippen LogP contribution in [0.3, 0.4) is 0 Å². The lowest BCUT2D eigenvalue weighted by Crippen LogP contribution is -2.21. The monoisotopic (exact) mass is 387 g/mol. The third-order valence-electron chi connectivity index (χ3n) is 4.84. The molecule has 0 radical (unpaired) electrons. The summed E-state index contributed by atoms with van der Waals surface area (Å²) in [5, 5.41) is 9.16. The van der Waals surface area contributed by atoms with Gasteiger partial charge in [-0.15, -0.1) is 0 Å². The first-order valence-corrected chi connectivity index (χ1v) is 9.74. The van der Waals surface area contributed by atoms with Gasteiger partial charge in [0.2, 0.25) is 0 Å². The van der Waals surface area contributed by atoms with Crippen molar-refractivity contribution in [3.8, 4) is 5.69 Å². The summed E-state index contributed by atoms with van der Waals surface area (Å²) in [6.45, 7) is 7.53. The second-order valence-corrected chi connectivity index (χ2v) is 8.20. The number of H-pyrrole nitrogens is 1. The van der Waals surface area contributed by atoms with Crippen molar-refractivity contribution in [3.63, 3.8) is 0 Å². The van der Waals surface area contributed by atoms with E-state index in [4.69, 9.17) is 5.10 Å². The van der Waals surface area contributed by atoms with Gasteiger partial charge >= 0.3 is 0 Å². The van der Waals surface area contributed by atoms with E-state index in [9.17, 15) is 4.79 Å². The molecule has 0 aliphatic heterocycles. The molecule has 6 heteroatoms. The van der Waals surface area contributed by atoms with Crippen LogP contribution in [0, 0.1) is 0 Å². The minimum absolute atomic E-state index is 0.103. The van der Waals surface area contributed by atoms with Crippen LogP contribution in [0.25, 0.3) is 16.7 Å². The minimum atomic E-state index is -0.156. The zero-order chi connectivity index (χ0) is 20.4. The van der Waals surface area contributed by atoms with Crippen LogP contribution >= 0.6 is 0 Å². The molecular formula is C23H25N5O. The Kier molecular flexibility index (Phi) is 5.03. The third-order valence-corrected chi connectivity index (χ3v) is 4.84. The molecule has 3 heterocycles. The summed E-state index contributed by atoms with van der Waals surface area (Å²) < 4.78 is 1.82. The quantitative estimate of drug-likeness (QED) is 0.548. The molecule has 4 aromatic rings. The predicted octanol–water partition coefficient (Wildman–Crippen LogP) is 3.70. The number of aromatic nitrogens is 4. The van der Waals surface area contributed by atoms with Crippen molar-refractivity contribution in [2.45, 2.75) is 39.3 Å². The fourth-order valence-corrected chi connectivity index (χ4v) is 3.40. The van der Waals surface area contributed by atoms with Crippen LogP contribution in [0.2, 0.25) is 0 Å². The van der Waals surface area contributed by atoms with Crippen molar-refractivity contribution >= 4 is 11.0 Å². The lowest BCUT2D eigenvalue weighted by atomic mass is 9.90. The maximum Gasteiger partial charge on any atom is 0.254 e. The third kappa shape index (κ3) is 3.98. The fraction of sp³-hybridized carbons (Fsp3) is 0.261. The first kappa shape index (κ1) is 19.1. The van der Waals surface area contributed by atoms with E-state index in [0.29, 0.717) is 18.7 Å². The molecule has 4 rings (SSSR count). The first-order valence-electron chi connectivity index (χ1n) is 9.74.